The third-order valence-electron chi connectivity index (χ3n) is 4.59. The summed E-state index contributed by atoms with van der Waals surface area (Å²) < 4.78 is 22.6. The molecule has 3 N–H and O–H groups in total. The van der Waals surface area contributed by atoms with E-state index in [0.717, 1.165) is 31.5 Å². The van der Waals surface area contributed by atoms with Gasteiger partial charge in [0.15, 0.2) is 0 Å². The maximum atomic E-state index is 12.3. The minimum Gasteiger partial charge on any atom is -0.339 e. The zero-order valence-corrected chi connectivity index (χ0v) is 14.5. The molecule has 0 aromatic heterocycles. The van der Waals surface area contributed by atoms with Crippen LogP contribution in [0.3, 0.4) is 0 Å². The molecule has 1 aromatic carbocycles. The van der Waals surface area contributed by atoms with Crippen molar-refractivity contribution in [1.29, 1.82) is 0 Å². The number of nitrogens with two attached hydrogens (primary N) is 1. The number of hydrogen-bond donors (Lipinski definition) is 2. The summed E-state index contributed by atoms with van der Waals surface area (Å²) in [6.45, 7) is 3.98. The fraction of sp³-hybridized carbons (Fsp3) is 0.562. The van der Waals surface area contributed by atoms with E-state index in [1.165, 1.54) is 12.1 Å². The molecule has 2 unspecified atom stereocenters. The number of nitrogens with zero attached hydrogens (tertiary/aromatic N) is 1. The van der Waals surface area contributed by atoms with Gasteiger partial charge in [0.25, 0.3) is 0 Å². The predicted octanol–water partition coefficient (Wildman–Crippen LogP) is 1.24. The van der Waals surface area contributed by atoms with Crippen molar-refractivity contribution in [1.82, 2.24) is 10.2 Å². The maximum absolute atomic E-state index is 12.3. The lowest BCUT2D eigenvalue weighted by atomic mass is 10.0. The van der Waals surface area contributed by atoms with Gasteiger partial charge in [0.1, 0.15) is 0 Å². The van der Waals surface area contributed by atoms with E-state index in [9.17, 15) is 13.2 Å². The van der Waals surface area contributed by atoms with Crippen LogP contribution in [0.25, 0.3) is 0 Å². The average molecular weight is 339 g/mol. The van der Waals surface area contributed by atoms with Crippen LogP contribution in [0.2, 0.25) is 0 Å². The van der Waals surface area contributed by atoms with Crippen molar-refractivity contribution in [3.63, 3.8) is 0 Å². The Balaban J connectivity index is 1.95. The predicted molar refractivity (Wildman–Crippen MR) is 89.2 cm³/mol. The minimum atomic E-state index is -3.69. The van der Waals surface area contributed by atoms with Crippen molar-refractivity contribution in [2.75, 3.05) is 20.1 Å². The Morgan fingerprint density at radius 1 is 1.39 bits per heavy atom. The molecule has 0 saturated carbocycles. The minimum absolute atomic E-state index is 0.0798. The molecule has 1 saturated heterocycles. The van der Waals surface area contributed by atoms with Crippen molar-refractivity contribution in [2.24, 2.45) is 11.1 Å². The van der Waals surface area contributed by atoms with Crippen LogP contribution in [-0.4, -0.2) is 39.4 Å². The van der Waals surface area contributed by atoms with Gasteiger partial charge in [-0.3, -0.25) is 4.79 Å². The Morgan fingerprint density at radius 3 is 2.57 bits per heavy atom. The van der Waals surface area contributed by atoms with Crippen LogP contribution >= 0.6 is 0 Å². The Hall–Kier alpha value is -1.44. The standard InChI is InChI=1S/C16H25N3O3S/c1-12(14-4-6-15(7-5-14)23(17,21)22)19(2)16(20)8-3-13-9-10-18-11-13/h4-7,12-13,18H,3,8-11H2,1-2H3,(H2,17,21,22). The van der Waals surface area contributed by atoms with E-state index in [4.69, 9.17) is 5.14 Å². The highest BCUT2D eigenvalue weighted by Crippen LogP contribution is 2.22. The molecule has 2 atom stereocenters. The van der Waals surface area contributed by atoms with Gasteiger partial charge in [0.2, 0.25) is 15.9 Å². The van der Waals surface area contributed by atoms with Gasteiger partial charge in [-0.05, 0) is 56.5 Å². The first-order chi connectivity index (χ1) is 10.8. The summed E-state index contributed by atoms with van der Waals surface area (Å²) in [6.07, 6.45) is 2.59. The largest absolute Gasteiger partial charge is 0.339 e. The number of primary sulfonamides is 1. The van der Waals surface area contributed by atoms with E-state index in [2.05, 4.69) is 5.32 Å². The zero-order valence-electron chi connectivity index (χ0n) is 13.7. The summed E-state index contributed by atoms with van der Waals surface area (Å²) in [4.78, 5) is 14.1. The summed E-state index contributed by atoms with van der Waals surface area (Å²) >= 11 is 0. The van der Waals surface area contributed by atoms with Crippen LogP contribution in [0.15, 0.2) is 29.2 Å². The van der Waals surface area contributed by atoms with Gasteiger partial charge in [0, 0.05) is 13.5 Å². The summed E-state index contributed by atoms with van der Waals surface area (Å²) in [5.41, 5.74) is 0.885. The topological polar surface area (TPSA) is 92.5 Å². The average Bonchev–Trinajstić information content (AvgIpc) is 3.04. The second kappa shape index (κ2) is 7.42. The Bertz CT molecular complexity index is 637. The van der Waals surface area contributed by atoms with Crippen molar-refractivity contribution >= 4 is 15.9 Å². The SMILES string of the molecule is CC(c1ccc(S(N)(=O)=O)cc1)N(C)C(=O)CCC1CCNC1. The Kier molecular flexibility index (Phi) is 5.78. The summed E-state index contributed by atoms with van der Waals surface area (Å²) in [6, 6.07) is 6.25. The quantitative estimate of drug-likeness (QED) is 0.815. The highest BCUT2D eigenvalue weighted by molar-refractivity contribution is 7.89. The number of rotatable bonds is 6. The van der Waals surface area contributed by atoms with Gasteiger partial charge in [-0.15, -0.1) is 0 Å². The van der Waals surface area contributed by atoms with Crippen LogP contribution in [0.5, 0.6) is 0 Å². The third kappa shape index (κ3) is 4.76. The number of carbonyl (C=O) groups excluding carboxylic acids is 1. The van der Waals surface area contributed by atoms with E-state index >= 15 is 0 Å². The van der Waals surface area contributed by atoms with Gasteiger partial charge in [0.05, 0.1) is 10.9 Å². The number of sulfonamides is 1. The third-order valence-corrected chi connectivity index (χ3v) is 5.52. The highest BCUT2D eigenvalue weighted by Gasteiger charge is 2.21. The molecule has 23 heavy (non-hydrogen) atoms. The maximum Gasteiger partial charge on any atom is 0.238 e. The fourth-order valence-corrected chi connectivity index (χ4v) is 3.36. The smallest absolute Gasteiger partial charge is 0.238 e. The molecule has 6 nitrogen and oxygen atoms in total. The number of nitrogens with one attached hydrogen (secondary N) is 1. The molecule has 0 bridgehead atoms. The Labute approximate surface area is 138 Å². The van der Waals surface area contributed by atoms with Crippen LogP contribution in [0.4, 0.5) is 0 Å². The number of hydrogen-bond acceptors (Lipinski definition) is 4. The van der Waals surface area contributed by atoms with Gasteiger partial charge in [-0.1, -0.05) is 12.1 Å². The first-order valence-electron chi connectivity index (χ1n) is 7.88. The molecule has 1 aliphatic rings. The molecule has 0 aliphatic carbocycles. The lowest BCUT2D eigenvalue weighted by molar-refractivity contribution is -0.132. The molecule has 0 radical (unpaired) electrons. The molecular weight excluding hydrogens is 314 g/mol. The van der Waals surface area contributed by atoms with Crippen LogP contribution in [0.1, 0.15) is 37.8 Å². The first kappa shape index (κ1) is 17.9. The molecular formula is C16H25N3O3S. The van der Waals surface area contributed by atoms with E-state index in [1.807, 2.05) is 6.92 Å². The van der Waals surface area contributed by atoms with Gasteiger partial charge >= 0.3 is 0 Å². The second-order valence-corrected chi connectivity index (χ2v) is 7.75. The van der Waals surface area contributed by atoms with Crippen molar-refractivity contribution < 1.29 is 13.2 Å². The molecule has 2 rings (SSSR count). The van der Waals surface area contributed by atoms with Crippen LogP contribution in [0, 0.1) is 5.92 Å². The summed E-state index contributed by atoms with van der Waals surface area (Å²) in [5, 5.41) is 8.40. The van der Waals surface area contributed by atoms with Gasteiger partial charge in [-0.2, -0.15) is 0 Å². The molecule has 1 amide bonds. The molecule has 1 fully saturated rings. The molecule has 1 aromatic rings. The van der Waals surface area contributed by atoms with Crippen molar-refractivity contribution in [3.8, 4) is 0 Å². The van der Waals surface area contributed by atoms with E-state index in [1.54, 1.807) is 24.1 Å². The molecule has 1 heterocycles. The fourth-order valence-electron chi connectivity index (χ4n) is 2.84. The molecule has 128 valence electrons. The first-order valence-corrected chi connectivity index (χ1v) is 9.43. The lowest BCUT2D eigenvalue weighted by Gasteiger charge is -2.26. The number of benzene rings is 1. The van der Waals surface area contributed by atoms with Gasteiger partial charge < -0.3 is 10.2 Å². The molecule has 7 heteroatoms. The molecule has 0 spiro atoms. The Morgan fingerprint density at radius 2 is 2.04 bits per heavy atom. The summed E-state index contributed by atoms with van der Waals surface area (Å²) in [7, 11) is -1.90. The van der Waals surface area contributed by atoms with Gasteiger partial charge in [-0.25, -0.2) is 13.6 Å². The van der Waals surface area contributed by atoms with Crippen molar-refractivity contribution in [2.45, 2.75) is 37.1 Å². The lowest BCUT2D eigenvalue weighted by Crippen LogP contribution is -2.30. The number of amides is 1. The number of carbonyl (C=O) groups is 1. The summed E-state index contributed by atoms with van der Waals surface area (Å²) in [5.74, 6) is 0.705. The monoisotopic (exact) mass is 339 g/mol. The van der Waals surface area contributed by atoms with E-state index in [0.29, 0.717) is 12.3 Å². The van der Waals surface area contributed by atoms with E-state index < -0.39 is 10.0 Å². The second-order valence-electron chi connectivity index (χ2n) is 6.19. The normalized spacial score (nSPS) is 19.5. The van der Waals surface area contributed by atoms with E-state index in [-0.39, 0.29) is 16.8 Å². The molecule has 1 aliphatic heterocycles. The van der Waals surface area contributed by atoms with Crippen LogP contribution < -0.4 is 10.5 Å². The van der Waals surface area contributed by atoms with Crippen molar-refractivity contribution in [3.05, 3.63) is 29.8 Å². The van der Waals surface area contributed by atoms with Crippen LogP contribution in [-0.2, 0) is 14.8 Å². The zero-order chi connectivity index (χ0) is 17.0. The highest BCUT2D eigenvalue weighted by atomic mass is 32.2.